The van der Waals surface area contributed by atoms with Crippen molar-refractivity contribution in [2.45, 2.75) is 32.6 Å². The molecule has 1 N–H and O–H groups in total. The molecule has 0 aliphatic carbocycles. The van der Waals surface area contributed by atoms with Gasteiger partial charge in [0.1, 0.15) is 0 Å². The molecular formula is C22H21ClN2O3S. The maximum atomic E-state index is 13.2. The lowest BCUT2D eigenvalue weighted by atomic mass is 10.1. The van der Waals surface area contributed by atoms with Gasteiger partial charge in [-0.2, -0.15) is 0 Å². The van der Waals surface area contributed by atoms with E-state index in [1.54, 1.807) is 42.5 Å². The van der Waals surface area contributed by atoms with E-state index < -0.39 is 0 Å². The van der Waals surface area contributed by atoms with Crippen LogP contribution in [0.5, 0.6) is 0 Å². The normalized spacial score (nSPS) is 14.2. The van der Waals surface area contributed by atoms with Crippen molar-refractivity contribution in [1.82, 2.24) is 4.90 Å². The second-order valence-corrected chi connectivity index (χ2v) is 8.91. The highest BCUT2D eigenvalue weighted by atomic mass is 35.5. The van der Waals surface area contributed by atoms with Gasteiger partial charge in [0.05, 0.1) is 17.0 Å². The molecule has 0 atom stereocenters. The number of nitrogens with zero attached hydrogens (tertiary/aromatic N) is 1. The standard InChI is InChI=1S/C22H21ClN2O3S/c1-13(2)29-20-19(15-8-10-17(11-9-15)24-14(3)26)21(27)25(22(20)28)12-16-6-4-5-7-18(16)23/h4-11,13H,12H2,1-3H3,(H,24,26). The van der Waals surface area contributed by atoms with E-state index in [1.165, 1.54) is 23.6 Å². The number of amides is 3. The van der Waals surface area contributed by atoms with Gasteiger partial charge in [-0.3, -0.25) is 19.3 Å². The number of rotatable bonds is 6. The zero-order valence-electron chi connectivity index (χ0n) is 16.4. The fourth-order valence-electron chi connectivity index (χ4n) is 3.02. The Hall–Kier alpha value is -2.57. The van der Waals surface area contributed by atoms with Crippen molar-refractivity contribution in [3.63, 3.8) is 0 Å². The minimum absolute atomic E-state index is 0.118. The molecule has 3 amide bonds. The Labute approximate surface area is 179 Å². The van der Waals surface area contributed by atoms with E-state index in [0.717, 1.165) is 0 Å². The molecule has 3 rings (SSSR count). The molecule has 29 heavy (non-hydrogen) atoms. The van der Waals surface area contributed by atoms with E-state index in [4.69, 9.17) is 11.6 Å². The minimum atomic E-state index is -0.342. The monoisotopic (exact) mass is 428 g/mol. The van der Waals surface area contributed by atoms with Gasteiger partial charge < -0.3 is 5.32 Å². The molecule has 0 spiro atoms. The Kier molecular flexibility index (Phi) is 6.45. The Morgan fingerprint density at radius 3 is 2.31 bits per heavy atom. The minimum Gasteiger partial charge on any atom is -0.326 e. The highest BCUT2D eigenvalue weighted by molar-refractivity contribution is 8.04. The smallest absolute Gasteiger partial charge is 0.268 e. The van der Waals surface area contributed by atoms with E-state index in [1.807, 2.05) is 19.9 Å². The molecule has 1 aliphatic heterocycles. The predicted molar refractivity (Wildman–Crippen MR) is 117 cm³/mol. The third-order valence-corrected chi connectivity index (χ3v) is 5.71. The third kappa shape index (κ3) is 4.71. The van der Waals surface area contributed by atoms with Crippen LogP contribution in [0, 0.1) is 0 Å². The number of hydrogen-bond donors (Lipinski definition) is 1. The molecule has 0 saturated carbocycles. The molecule has 0 saturated heterocycles. The lowest BCUT2D eigenvalue weighted by Gasteiger charge is -2.16. The van der Waals surface area contributed by atoms with Gasteiger partial charge in [0.2, 0.25) is 5.91 Å². The van der Waals surface area contributed by atoms with Crippen LogP contribution >= 0.6 is 23.4 Å². The molecule has 0 radical (unpaired) electrons. The van der Waals surface area contributed by atoms with Crippen molar-refractivity contribution in [3.05, 3.63) is 69.6 Å². The third-order valence-electron chi connectivity index (χ3n) is 4.26. The second-order valence-electron chi connectivity index (χ2n) is 6.92. The van der Waals surface area contributed by atoms with Crippen molar-refractivity contribution in [2.75, 3.05) is 5.32 Å². The quantitative estimate of drug-likeness (QED) is 0.676. The van der Waals surface area contributed by atoms with Gasteiger partial charge >= 0.3 is 0 Å². The Morgan fingerprint density at radius 2 is 1.72 bits per heavy atom. The Bertz CT molecular complexity index is 999. The van der Waals surface area contributed by atoms with E-state index in [-0.39, 0.29) is 29.5 Å². The van der Waals surface area contributed by atoms with E-state index in [9.17, 15) is 14.4 Å². The average molecular weight is 429 g/mol. The summed E-state index contributed by atoms with van der Waals surface area (Å²) < 4.78 is 0. The highest BCUT2D eigenvalue weighted by Crippen LogP contribution is 2.39. The van der Waals surface area contributed by atoms with Crippen LogP contribution in [0.4, 0.5) is 5.69 Å². The van der Waals surface area contributed by atoms with Gasteiger partial charge in [-0.1, -0.05) is 55.8 Å². The molecule has 1 heterocycles. The van der Waals surface area contributed by atoms with Crippen LogP contribution in [-0.4, -0.2) is 27.9 Å². The molecule has 2 aromatic carbocycles. The summed E-state index contributed by atoms with van der Waals surface area (Å²) in [7, 11) is 0. The first-order chi connectivity index (χ1) is 13.8. The summed E-state index contributed by atoms with van der Waals surface area (Å²) in [6.07, 6.45) is 0. The van der Waals surface area contributed by atoms with Crippen LogP contribution in [0.25, 0.3) is 5.57 Å². The molecule has 0 aromatic heterocycles. The van der Waals surface area contributed by atoms with Crippen molar-refractivity contribution in [2.24, 2.45) is 0 Å². The van der Waals surface area contributed by atoms with Gasteiger partial charge in [0.15, 0.2) is 0 Å². The number of anilines is 1. The van der Waals surface area contributed by atoms with E-state index in [2.05, 4.69) is 5.32 Å². The van der Waals surface area contributed by atoms with Gasteiger partial charge in [0.25, 0.3) is 11.8 Å². The zero-order chi connectivity index (χ0) is 21.1. The molecule has 0 unspecified atom stereocenters. The van der Waals surface area contributed by atoms with Gasteiger partial charge in [-0.15, -0.1) is 11.8 Å². The number of nitrogens with one attached hydrogen (secondary N) is 1. The van der Waals surface area contributed by atoms with Crippen molar-refractivity contribution in [3.8, 4) is 0 Å². The van der Waals surface area contributed by atoms with Gasteiger partial charge in [-0.05, 0) is 29.3 Å². The maximum Gasteiger partial charge on any atom is 0.268 e. The number of halogens is 1. The predicted octanol–water partition coefficient (Wildman–Crippen LogP) is 4.72. The molecular weight excluding hydrogens is 408 g/mol. The molecule has 2 aromatic rings. The van der Waals surface area contributed by atoms with Crippen LogP contribution in [0.1, 0.15) is 31.9 Å². The first-order valence-corrected chi connectivity index (χ1v) is 10.4. The van der Waals surface area contributed by atoms with Crippen LogP contribution in [0.3, 0.4) is 0 Å². The summed E-state index contributed by atoms with van der Waals surface area (Å²) in [6.45, 7) is 5.50. The summed E-state index contributed by atoms with van der Waals surface area (Å²) in [6, 6.07) is 14.1. The highest BCUT2D eigenvalue weighted by Gasteiger charge is 2.39. The van der Waals surface area contributed by atoms with Crippen molar-refractivity contribution >= 4 is 52.3 Å². The number of imide groups is 1. The van der Waals surface area contributed by atoms with Crippen LogP contribution in [-0.2, 0) is 20.9 Å². The summed E-state index contributed by atoms with van der Waals surface area (Å²) in [4.78, 5) is 39.2. The Balaban J connectivity index is 1.96. The lowest BCUT2D eigenvalue weighted by Crippen LogP contribution is -2.31. The number of thioether (sulfide) groups is 1. The number of benzene rings is 2. The first-order valence-electron chi connectivity index (χ1n) is 9.16. The fourth-order valence-corrected chi connectivity index (χ4v) is 4.22. The number of carbonyl (C=O) groups excluding carboxylic acids is 3. The second kappa shape index (κ2) is 8.84. The van der Waals surface area contributed by atoms with Crippen molar-refractivity contribution < 1.29 is 14.4 Å². The van der Waals surface area contributed by atoms with Crippen LogP contribution in [0.2, 0.25) is 5.02 Å². The zero-order valence-corrected chi connectivity index (χ0v) is 17.9. The summed E-state index contributed by atoms with van der Waals surface area (Å²) in [5.41, 5.74) is 2.37. The molecule has 7 heteroatoms. The summed E-state index contributed by atoms with van der Waals surface area (Å²) in [5, 5.41) is 3.34. The first kappa shape index (κ1) is 21.1. The molecule has 150 valence electrons. The Morgan fingerprint density at radius 1 is 1.07 bits per heavy atom. The summed E-state index contributed by atoms with van der Waals surface area (Å²) in [5.74, 6) is -0.828. The van der Waals surface area contributed by atoms with Crippen molar-refractivity contribution in [1.29, 1.82) is 0 Å². The van der Waals surface area contributed by atoms with Gasteiger partial charge in [0, 0.05) is 22.9 Å². The molecule has 0 fully saturated rings. The maximum absolute atomic E-state index is 13.2. The van der Waals surface area contributed by atoms with Crippen LogP contribution in [0.15, 0.2) is 53.4 Å². The molecule has 5 nitrogen and oxygen atoms in total. The number of hydrogen-bond acceptors (Lipinski definition) is 4. The van der Waals surface area contributed by atoms with E-state index >= 15 is 0 Å². The molecule has 1 aliphatic rings. The topological polar surface area (TPSA) is 66.5 Å². The van der Waals surface area contributed by atoms with Gasteiger partial charge in [-0.25, -0.2) is 0 Å². The SMILES string of the molecule is CC(=O)Nc1ccc(C2=C(SC(C)C)C(=O)N(Cc3ccccc3Cl)C2=O)cc1. The molecule has 0 bridgehead atoms. The number of carbonyl (C=O) groups is 3. The van der Waals surface area contributed by atoms with E-state index in [0.29, 0.717) is 32.3 Å². The largest absolute Gasteiger partial charge is 0.326 e. The van der Waals surface area contributed by atoms with Crippen LogP contribution < -0.4 is 5.32 Å². The summed E-state index contributed by atoms with van der Waals surface area (Å²) >= 11 is 7.60. The lowest BCUT2D eigenvalue weighted by molar-refractivity contribution is -0.137. The fraction of sp³-hybridized carbons (Fsp3) is 0.227. The average Bonchev–Trinajstić information content (AvgIpc) is 2.88.